The lowest BCUT2D eigenvalue weighted by molar-refractivity contribution is 0.166. The van der Waals surface area contributed by atoms with E-state index in [2.05, 4.69) is 13.8 Å². The van der Waals surface area contributed by atoms with Gasteiger partial charge in [0.05, 0.1) is 24.3 Å². The molecule has 0 aromatic carbocycles. The fourth-order valence-corrected chi connectivity index (χ4v) is 3.51. The Hall–Kier alpha value is -1.16. The topological polar surface area (TPSA) is 27.7 Å². The molecule has 0 aliphatic rings. The number of hydrogen-bond donors (Lipinski definition) is 0. The van der Waals surface area contributed by atoms with Crippen molar-refractivity contribution in [3.8, 4) is 0 Å². The molecule has 0 aromatic heterocycles. The van der Waals surface area contributed by atoms with Gasteiger partial charge in [-0.25, -0.2) is 0 Å². The van der Waals surface area contributed by atoms with Crippen LogP contribution in [-0.4, -0.2) is 8.80 Å². The Labute approximate surface area is 106 Å². The third kappa shape index (κ3) is 5.13. The Morgan fingerprint density at radius 2 is 1.24 bits per heavy atom. The molecule has 0 heterocycles. The van der Waals surface area contributed by atoms with Gasteiger partial charge in [0, 0.05) is 0 Å². The summed E-state index contributed by atoms with van der Waals surface area (Å²) in [6, 6.07) is 0. The normalized spacial score (nSPS) is 17.5. The zero-order valence-corrected chi connectivity index (χ0v) is 12.5. The average molecular weight is 256 g/mol. The summed E-state index contributed by atoms with van der Waals surface area (Å²) in [5.41, 5.74) is 0.228. The van der Waals surface area contributed by atoms with Gasteiger partial charge in [0.25, 0.3) is 0 Å². The summed E-state index contributed by atoms with van der Waals surface area (Å²) in [6.07, 6.45) is 11.4. The SMILES string of the molecule is CC=CO[Si](OC=CC)(OC=CC)C(C)CC. The van der Waals surface area contributed by atoms with Crippen LogP contribution in [0.3, 0.4) is 0 Å². The molecule has 0 saturated carbocycles. The van der Waals surface area contributed by atoms with Crippen molar-refractivity contribution in [2.45, 2.75) is 46.6 Å². The Balaban J connectivity index is 5.02. The quantitative estimate of drug-likeness (QED) is 0.476. The fourth-order valence-electron chi connectivity index (χ4n) is 1.17. The van der Waals surface area contributed by atoms with E-state index in [-0.39, 0.29) is 5.54 Å². The standard InChI is InChI=1S/C13H24O3Si/c1-6-10-14-17(13(5)9-4,15-11-7-2)16-12-8-3/h6-8,10-13H,9H2,1-5H3. The maximum absolute atomic E-state index is 5.75. The molecule has 0 saturated heterocycles. The van der Waals surface area contributed by atoms with E-state index in [1.807, 2.05) is 39.0 Å². The van der Waals surface area contributed by atoms with Crippen molar-refractivity contribution in [3.05, 3.63) is 37.0 Å². The smallest absolute Gasteiger partial charge is 0.490 e. The van der Waals surface area contributed by atoms with E-state index in [1.165, 1.54) is 0 Å². The van der Waals surface area contributed by atoms with E-state index in [4.69, 9.17) is 13.3 Å². The summed E-state index contributed by atoms with van der Waals surface area (Å²) in [5, 5.41) is 0. The van der Waals surface area contributed by atoms with Crippen LogP contribution in [0, 0.1) is 0 Å². The molecule has 0 spiro atoms. The molecule has 3 nitrogen and oxygen atoms in total. The second-order valence-electron chi connectivity index (χ2n) is 3.67. The number of rotatable bonds is 8. The first-order valence-corrected chi connectivity index (χ1v) is 7.84. The molecule has 0 rings (SSSR count). The van der Waals surface area contributed by atoms with Gasteiger partial charge in [-0.1, -0.05) is 32.1 Å². The van der Waals surface area contributed by atoms with Gasteiger partial charge in [-0.3, -0.25) is 0 Å². The van der Waals surface area contributed by atoms with Crippen LogP contribution in [0.1, 0.15) is 41.0 Å². The van der Waals surface area contributed by atoms with Crippen LogP contribution < -0.4 is 0 Å². The lowest BCUT2D eigenvalue weighted by Gasteiger charge is -2.30. The first kappa shape index (κ1) is 15.8. The summed E-state index contributed by atoms with van der Waals surface area (Å²) < 4.78 is 17.2. The zero-order valence-electron chi connectivity index (χ0n) is 11.5. The summed E-state index contributed by atoms with van der Waals surface area (Å²) in [5.74, 6) is 0. The van der Waals surface area contributed by atoms with Crippen molar-refractivity contribution in [2.75, 3.05) is 0 Å². The Bertz CT molecular complexity index is 236. The van der Waals surface area contributed by atoms with Gasteiger partial charge in [0.2, 0.25) is 0 Å². The first-order chi connectivity index (χ1) is 8.16. The monoisotopic (exact) mass is 256 g/mol. The average Bonchev–Trinajstić information content (AvgIpc) is 2.37. The molecule has 4 heteroatoms. The minimum absolute atomic E-state index is 0.228. The van der Waals surface area contributed by atoms with Crippen LogP contribution in [0.15, 0.2) is 37.0 Å². The molecule has 0 aliphatic carbocycles. The summed E-state index contributed by atoms with van der Waals surface area (Å²) in [4.78, 5) is 0. The van der Waals surface area contributed by atoms with Crippen molar-refractivity contribution in [1.29, 1.82) is 0 Å². The van der Waals surface area contributed by atoms with Gasteiger partial charge < -0.3 is 13.3 Å². The predicted molar refractivity (Wildman–Crippen MR) is 73.2 cm³/mol. The fraction of sp³-hybridized carbons (Fsp3) is 0.538. The highest BCUT2D eigenvalue weighted by atomic mass is 28.4. The predicted octanol–water partition coefficient (Wildman–Crippen LogP) is 4.38. The maximum atomic E-state index is 5.75. The van der Waals surface area contributed by atoms with Crippen molar-refractivity contribution in [2.24, 2.45) is 0 Å². The van der Waals surface area contributed by atoms with E-state index in [0.29, 0.717) is 0 Å². The van der Waals surface area contributed by atoms with E-state index >= 15 is 0 Å². The molecule has 17 heavy (non-hydrogen) atoms. The lowest BCUT2D eigenvalue weighted by atomic mass is 10.4. The molecule has 0 bridgehead atoms. The van der Waals surface area contributed by atoms with Crippen LogP contribution in [0.2, 0.25) is 5.54 Å². The molecule has 0 amide bonds. The van der Waals surface area contributed by atoms with Gasteiger partial charge in [0.15, 0.2) is 0 Å². The largest absolute Gasteiger partial charge is 0.700 e. The molecule has 0 N–H and O–H groups in total. The molecule has 0 aliphatic heterocycles. The zero-order chi connectivity index (χ0) is 13.1. The molecule has 98 valence electrons. The Morgan fingerprint density at radius 1 is 0.882 bits per heavy atom. The third-order valence-electron chi connectivity index (χ3n) is 2.32. The molecule has 0 fully saturated rings. The third-order valence-corrected chi connectivity index (χ3v) is 5.33. The van der Waals surface area contributed by atoms with Gasteiger partial charge in [-0.05, 0) is 27.2 Å². The van der Waals surface area contributed by atoms with E-state index in [1.54, 1.807) is 18.8 Å². The minimum atomic E-state index is -2.72. The highest BCUT2D eigenvalue weighted by Gasteiger charge is 2.51. The molecular formula is C13H24O3Si. The van der Waals surface area contributed by atoms with Crippen molar-refractivity contribution in [3.63, 3.8) is 0 Å². The van der Waals surface area contributed by atoms with Crippen molar-refractivity contribution < 1.29 is 13.3 Å². The van der Waals surface area contributed by atoms with Crippen LogP contribution >= 0.6 is 0 Å². The van der Waals surface area contributed by atoms with Gasteiger partial charge in [0.1, 0.15) is 0 Å². The maximum Gasteiger partial charge on any atom is 0.700 e. The van der Waals surface area contributed by atoms with Crippen molar-refractivity contribution >= 4 is 8.80 Å². The molecule has 0 aromatic rings. The molecule has 1 atom stereocenters. The van der Waals surface area contributed by atoms with E-state index in [0.717, 1.165) is 6.42 Å². The number of hydrogen-bond acceptors (Lipinski definition) is 3. The second kappa shape index (κ2) is 8.93. The highest BCUT2D eigenvalue weighted by molar-refractivity contribution is 6.62. The molecule has 0 radical (unpaired) electrons. The molecular weight excluding hydrogens is 232 g/mol. The number of allylic oxidation sites excluding steroid dienone is 3. The summed E-state index contributed by atoms with van der Waals surface area (Å²) >= 11 is 0. The van der Waals surface area contributed by atoms with Crippen LogP contribution in [0.25, 0.3) is 0 Å². The first-order valence-electron chi connectivity index (χ1n) is 6.03. The van der Waals surface area contributed by atoms with Crippen LogP contribution in [-0.2, 0) is 13.3 Å². The highest BCUT2D eigenvalue weighted by Crippen LogP contribution is 2.29. The Morgan fingerprint density at radius 3 is 1.47 bits per heavy atom. The van der Waals surface area contributed by atoms with Crippen LogP contribution in [0.4, 0.5) is 0 Å². The van der Waals surface area contributed by atoms with Gasteiger partial charge in [-0.15, -0.1) is 0 Å². The van der Waals surface area contributed by atoms with E-state index < -0.39 is 8.80 Å². The van der Waals surface area contributed by atoms with Crippen molar-refractivity contribution in [1.82, 2.24) is 0 Å². The van der Waals surface area contributed by atoms with Gasteiger partial charge >= 0.3 is 8.80 Å². The van der Waals surface area contributed by atoms with Crippen LogP contribution in [0.5, 0.6) is 0 Å². The Kier molecular flexibility index (Phi) is 8.32. The van der Waals surface area contributed by atoms with E-state index in [9.17, 15) is 0 Å². The minimum Gasteiger partial charge on any atom is -0.490 e. The second-order valence-corrected chi connectivity index (χ2v) is 6.57. The van der Waals surface area contributed by atoms with Gasteiger partial charge in [-0.2, -0.15) is 0 Å². The lowest BCUT2D eigenvalue weighted by Crippen LogP contribution is -2.45. The summed E-state index contributed by atoms with van der Waals surface area (Å²) in [7, 11) is -2.72. The molecule has 1 unspecified atom stereocenters. The summed E-state index contributed by atoms with van der Waals surface area (Å²) in [6.45, 7) is 9.90.